The van der Waals surface area contributed by atoms with Crippen molar-refractivity contribution in [3.8, 4) is 11.5 Å². The second-order valence-electron chi connectivity index (χ2n) is 13.4. The SMILES string of the molecule is C=CCCCCC[C@H](CC(=O)OC(C)(C)C)C(=O)N1CC2(CCc3c(c(COC(C)=O)nc4ccc(OC)cc34)O2)C[C@H]1C(=O)OC. The minimum Gasteiger partial charge on any atom is -0.497 e. The third kappa shape index (κ3) is 8.81. The number of pyridine rings is 1. The first-order chi connectivity index (χ1) is 22.3. The Hall–Kier alpha value is -4.15. The number of allylic oxidation sites excluding steroid dienone is 1. The van der Waals surface area contributed by atoms with E-state index in [2.05, 4.69) is 6.58 Å². The molecule has 1 aromatic carbocycles. The predicted molar refractivity (Wildman–Crippen MR) is 175 cm³/mol. The van der Waals surface area contributed by atoms with Crippen LogP contribution in [0.3, 0.4) is 0 Å². The fraction of sp³-hybridized carbons (Fsp3) is 0.583. The van der Waals surface area contributed by atoms with E-state index in [9.17, 15) is 19.2 Å². The molecule has 1 aromatic heterocycles. The molecule has 0 radical (unpaired) electrons. The number of ether oxygens (including phenoxy) is 5. The molecule has 3 atom stereocenters. The first-order valence-electron chi connectivity index (χ1n) is 16.3. The van der Waals surface area contributed by atoms with E-state index in [0.717, 1.165) is 36.6 Å². The second-order valence-corrected chi connectivity index (χ2v) is 13.4. The van der Waals surface area contributed by atoms with Crippen LogP contribution in [0.25, 0.3) is 10.9 Å². The summed E-state index contributed by atoms with van der Waals surface area (Å²) in [5.74, 6) is -1.30. The Kier molecular flexibility index (Phi) is 11.5. The number of methoxy groups -OCH3 is 2. The number of nitrogens with zero attached hydrogens (tertiary/aromatic N) is 2. The Labute approximate surface area is 276 Å². The van der Waals surface area contributed by atoms with Crippen LogP contribution >= 0.6 is 0 Å². The molecule has 1 unspecified atom stereocenters. The van der Waals surface area contributed by atoms with E-state index in [1.165, 1.54) is 18.9 Å². The lowest BCUT2D eigenvalue weighted by Crippen LogP contribution is -2.47. The van der Waals surface area contributed by atoms with Crippen molar-refractivity contribution in [3.05, 3.63) is 42.1 Å². The number of esters is 3. The van der Waals surface area contributed by atoms with E-state index in [4.69, 9.17) is 28.7 Å². The molecule has 11 heteroatoms. The molecule has 4 rings (SSSR count). The molecule has 1 saturated heterocycles. The standard InChI is InChI=1S/C36H48N2O9/c1-8-9-10-11-12-13-24(18-31(40)46-35(3,4)5)33(41)38-22-36(20-30(38)34(42)44-7)17-16-26-27-19-25(43-6)14-15-28(27)37-29(32(26)47-36)21-45-23(2)39/h8,14-15,19,24,30H,1,9-13,16-18,20-22H2,2-7H3/t24-,30+,36?/m1/s1. The third-order valence-electron chi connectivity index (χ3n) is 8.68. The van der Waals surface area contributed by atoms with Gasteiger partial charge in [0.2, 0.25) is 5.91 Å². The number of hydrogen-bond donors (Lipinski definition) is 0. The molecule has 47 heavy (non-hydrogen) atoms. The van der Waals surface area contributed by atoms with Crippen LogP contribution in [0.2, 0.25) is 0 Å². The monoisotopic (exact) mass is 652 g/mol. The Morgan fingerprint density at radius 1 is 1.17 bits per heavy atom. The number of benzene rings is 1. The normalized spacial score (nSPS) is 19.4. The van der Waals surface area contributed by atoms with Crippen molar-refractivity contribution in [1.82, 2.24) is 9.88 Å². The van der Waals surface area contributed by atoms with Gasteiger partial charge in [0.05, 0.1) is 32.7 Å². The molecule has 1 amide bonds. The molecular weight excluding hydrogens is 604 g/mol. The Bertz CT molecular complexity index is 1500. The fourth-order valence-electron chi connectivity index (χ4n) is 6.50. The summed E-state index contributed by atoms with van der Waals surface area (Å²) in [6, 6.07) is 4.66. The van der Waals surface area contributed by atoms with Crippen molar-refractivity contribution in [1.29, 1.82) is 0 Å². The van der Waals surface area contributed by atoms with E-state index in [0.29, 0.717) is 42.0 Å². The van der Waals surface area contributed by atoms with Crippen LogP contribution in [0.5, 0.6) is 11.5 Å². The van der Waals surface area contributed by atoms with Crippen LogP contribution in [0.15, 0.2) is 30.9 Å². The average Bonchev–Trinajstić information content (AvgIpc) is 3.39. The lowest BCUT2D eigenvalue weighted by Gasteiger charge is -2.37. The van der Waals surface area contributed by atoms with Gasteiger partial charge in [0.1, 0.15) is 41.0 Å². The number of carbonyl (C=O) groups excluding carboxylic acids is 4. The molecule has 0 aliphatic carbocycles. The average molecular weight is 653 g/mol. The van der Waals surface area contributed by atoms with Crippen molar-refractivity contribution in [2.75, 3.05) is 20.8 Å². The third-order valence-corrected chi connectivity index (χ3v) is 8.68. The number of hydrogen-bond acceptors (Lipinski definition) is 10. The van der Waals surface area contributed by atoms with Crippen molar-refractivity contribution in [3.63, 3.8) is 0 Å². The topological polar surface area (TPSA) is 131 Å². The molecule has 0 bridgehead atoms. The van der Waals surface area contributed by atoms with Gasteiger partial charge in [-0.15, -0.1) is 6.58 Å². The molecule has 3 heterocycles. The van der Waals surface area contributed by atoms with E-state index < -0.39 is 41.1 Å². The zero-order chi connectivity index (χ0) is 34.4. The van der Waals surface area contributed by atoms with Crippen LogP contribution in [0.1, 0.15) is 90.3 Å². The van der Waals surface area contributed by atoms with Gasteiger partial charge in [0, 0.05) is 30.2 Å². The Morgan fingerprint density at radius 3 is 2.60 bits per heavy atom. The number of carbonyl (C=O) groups is 4. The summed E-state index contributed by atoms with van der Waals surface area (Å²) in [6.45, 7) is 10.5. The summed E-state index contributed by atoms with van der Waals surface area (Å²) in [5, 5.41) is 0.852. The highest BCUT2D eigenvalue weighted by atomic mass is 16.6. The summed E-state index contributed by atoms with van der Waals surface area (Å²) in [7, 11) is 2.89. The summed E-state index contributed by atoms with van der Waals surface area (Å²) in [6.07, 6.45) is 6.95. The highest BCUT2D eigenvalue weighted by Gasteiger charge is 2.53. The van der Waals surface area contributed by atoms with Crippen LogP contribution in [0.4, 0.5) is 0 Å². The van der Waals surface area contributed by atoms with Gasteiger partial charge in [-0.3, -0.25) is 14.4 Å². The number of aromatic nitrogens is 1. The molecule has 0 N–H and O–H groups in total. The molecule has 256 valence electrons. The largest absolute Gasteiger partial charge is 0.497 e. The number of unbranched alkanes of at least 4 members (excludes halogenated alkanes) is 3. The molecular formula is C36H48N2O9. The van der Waals surface area contributed by atoms with Crippen molar-refractivity contribution >= 4 is 34.7 Å². The van der Waals surface area contributed by atoms with Gasteiger partial charge in [-0.2, -0.15) is 0 Å². The van der Waals surface area contributed by atoms with Gasteiger partial charge in [-0.05, 0) is 71.1 Å². The smallest absolute Gasteiger partial charge is 0.328 e. The number of likely N-dealkylation sites (tertiary alicyclic amines) is 1. The molecule has 2 aliphatic rings. The molecule has 1 spiro atoms. The van der Waals surface area contributed by atoms with E-state index in [1.54, 1.807) is 27.9 Å². The summed E-state index contributed by atoms with van der Waals surface area (Å²) < 4.78 is 28.3. The first kappa shape index (κ1) is 35.7. The summed E-state index contributed by atoms with van der Waals surface area (Å²) >= 11 is 0. The van der Waals surface area contributed by atoms with Crippen molar-refractivity contribution in [2.45, 2.75) is 109 Å². The van der Waals surface area contributed by atoms with E-state index >= 15 is 0 Å². The van der Waals surface area contributed by atoms with Gasteiger partial charge in [0.25, 0.3) is 0 Å². The van der Waals surface area contributed by atoms with Crippen LogP contribution in [0, 0.1) is 5.92 Å². The predicted octanol–water partition coefficient (Wildman–Crippen LogP) is 5.63. The zero-order valence-electron chi connectivity index (χ0n) is 28.5. The fourth-order valence-corrected chi connectivity index (χ4v) is 6.50. The molecule has 1 fully saturated rings. The number of aryl methyl sites for hydroxylation is 1. The number of fused-ring (bicyclic) bond motifs is 3. The van der Waals surface area contributed by atoms with Gasteiger partial charge < -0.3 is 28.6 Å². The summed E-state index contributed by atoms with van der Waals surface area (Å²) in [4.78, 5) is 58.5. The highest BCUT2D eigenvalue weighted by Crippen LogP contribution is 2.46. The quantitative estimate of drug-likeness (QED) is 0.116. The maximum Gasteiger partial charge on any atom is 0.328 e. The Balaban J connectivity index is 1.67. The maximum absolute atomic E-state index is 14.3. The number of amides is 1. The molecule has 0 saturated carbocycles. The minimum atomic E-state index is -0.929. The van der Waals surface area contributed by atoms with Gasteiger partial charge in [-0.25, -0.2) is 9.78 Å². The van der Waals surface area contributed by atoms with Crippen molar-refractivity contribution < 1.29 is 42.9 Å². The van der Waals surface area contributed by atoms with Crippen LogP contribution < -0.4 is 9.47 Å². The molecule has 2 aliphatic heterocycles. The zero-order valence-corrected chi connectivity index (χ0v) is 28.5. The maximum atomic E-state index is 14.3. The molecule has 11 nitrogen and oxygen atoms in total. The lowest BCUT2D eigenvalue weighted by molar-refractivity contribution is -0.159. The van der Waals surface area contributed by atoms with Crippen LogP contribution in [-0.2, 0) is 46.4 Å². The number of rotatable bonds is 13. The minimum absolute atomic E-state index is 0.0943. The second kappa shape index (κ2) is 15.2. The van der Waals surface area contributed by atoms with Gasteiger partial charge in [0.15, 0.2) is 0 Å². The molecule has 2 aromatic rings. The lowest BCUT2D eigenvalue weighted by atomic mass is 9.87. The van der Waals surface area contributed by atoms with E-state index in [1.807, 2.05) is 24.3 Å². The van der Waals surface area contributed by atoms with Crippen LogP contribution in [-0.4, -0.2) is 71.7 Å². The summed E-state index contributed by atoms with van der Waals surface area (Å²) in [5.41, 5.74) is 0.425. The highest BCUT2D eigenvalue weighted by molar-refractivity contribution is 5.90. The van der Waals surface area contributed by atoms with Crippen molar-refractivity contribution in [2.24, 2.45) is 5.92 Å². The van der Waals surface area contributed by atoms with Gasteiger partial charge in [-0.1, -0.05) is 18.9 Å². The van der Waals surface area contributed by atoms with Gasteiger partial charge >= 0.3 is 17.9 Å². The Morgan fingerprint density at radius 2 is 1.94 bits per heavy atom. The first-order valence-corrected chi connectivity index (χ1v) is 16.3. The van der Waals surface area contributed by atoms with E-state index in [-0.39, 0.29) is 31.9 Å².